The van der Waals surface area contributed by atoms with E-state index in [0.29, 0.717) is 12.1 Å². The first-order valence-electron chi connectivity index (χ1n) is 7.46. The summed E-state index contributed by atoms with van der Waals surface area (Å²) in [5.74, 6) is -1.28. The average Bonchev–Trinajstić information content (AvgIpc) is 2.48. The van der Waals surface area contributed by atoms with Crippen LogP contribution in [0.1, 0.15) is 36.0 Å². The van der Waals surface area contributed by atoms with Crippen LogP contribution in [0.4, 0.5) is 10.1 Å². The second-order valence-electron chi connectivity index (χ2n) is 6.01. The minimum absolute atomic E-state index is 0. The van der Waals surface area contributed by atoms with Gasteiger partial charge in [0.25, 0.3) is 5.91 Å². The zero-order valence-electron chi connectivity index (χ0n) is 13.3. The number of benzene rings is 1. The lowest BCUT2D eigenvalue weighted by Gasteiger charge is -2.25. The topological polar surface area (TPSA) is 75.4 Å². The van der Waals surface area contributed by atoms with Crippen LogP contribution in [0.2, 0.25) is 0 Å². The first-order valence-corrected chi connectivity index (χ1v) is 7.46. The average molecular weight is 344 g/mol. The molecule has 0 aliphatic heterocycles. The summed E-state index contributed by atoms with van der Waals surface area (Å²) < 4.78 is 13.7. The van der Waals surface area contributed by atoms with Gasteiger partial charge in [-0.3, -0.25) is 9.59 Å². The monoisotopic (exact) mass is 343 g/mol. The fourth-order valence-corrected chi connectivity index (χ4v) is 2.72. The molecule has 2 atom stereocenters. The van der Waals surface area contributed by atoms with Crippen molar-refractivity contribution in [2.75, 3.05) is 19.4 Å². The van der Waals surface area contributed by atoms with Gasteiger partial charge >= 0.3 is 0 Å². The molecule has 2 rings (SSSR count). The Labute approximate surface area is 141 Å². The highest BCUT2D eigenvalue weighted by atomic mass is 35.5. The van der Waals surface area contributed by atoms with Crippen molar-refractivity contribution < 1.29 is 14.0 Å². The molecular formula is C16H23ClFN3O2. The van der Waals surface area contributed by atoms with E-state index in [4.69, 9.17) is 5.73 Å². The van der Waals surface area contributed by atoms with Crippen molar-refractivity contribution in [3.05, 3.63) is 29.6 Å². The molecular weight excluding hydrogens is 321 g/mol. The third kappa shape index (κ3) is 4.91. The van der Waals surface area contributed by atoms with Gasteiger partial charge in [-0.1, -0.05) is 6.42 Å². The Morgan fingerprint density at radius 1 is 1.30 bits per heavy atom. The van der Waals surface area contributed by atoms with Crippen LogP contribution >= 0.6 is 12.4 Å². The number of anilines is 1. The van der Waals surface area contributed by atoms with Gasteiger partial charge in [0.15, 0.2) is 0 Å². The number of carbonyl (C=O) groups excluding carboxylic acids is 2. The Kier molecular flexibility index (Phi) is 6.97. The molecule has 2 unspecified atom stereocenters. The summed E-state index contributed by atoms with van der Waals surface area (Å²) in [4.78, 5) is 25.5. The van der Waals surface area contributed by atoms with Crippen LogP contribution in [-0.4, -0.2) is 36.9 Å². The van der Waals surface area contributed by atoms with Gasteiger partial charge in [0.05, 0.1) is 5.56 Å². The van der Waals surface area contributed by atoms with E-state index in [1.54, 1.807) is 14.1 Å². The number of nitrogens with zero attached hydrogens (tertiary/aromatic N) is 1. The number of hydrogen-bond acceptors (Lipinski definition) is 3. The number of hydrogen-bond donors (Lipinski definition) is 2. The Morgan fingerprint density at radius 2 is 2.00 bits per heavy atom. The summed E-state index contributed by atoms with van der Waals surface area (Å²) in [5.41, 5.74) is 6.27. The highest BCUT2D eigenvalue weighted by Crippen LogP contribution is 2.25. The summed E-state index contributed by atoms with van der Waals surface area (Å²) in [6, 6.07) is 4.09. The molecule has 5 nitrogen and oxygen atoms in total. The van der Waals surface area contributed by atoms with E-state index in [9.17, 15) is 14.0 Å². The Balaban J connectivity index is 0.00000264. The second-order valence-corrected chi connectivity index (χ2v) is 6.01. The van der Waals surface area contributed by atoms with Gasteiger partial charge in [-0.05, 0) is 37.5 Å². The molecule has 2 amide bonds. The van der Waals surface area contributed by atoms with Crippen molar-refractivity contribution in [2.45, 2.75) is 31.7 Å². The lowest BCUT2D eigenvalue weighted by molar-refractivity contribution is -0.120. The smallest absolute Gasteiger partial charge is 0.256 e. The van der Waals surface area contributed by atoms with Crippen molar-refractivity contribution >= 4 is 29.9 Å². The van der Waals surface area contributed by atoms with Crippen molar-refractivity contribution in [3.63, 3.8) is 0 Å². The van der Waals surface area contributed by atoms with E-state index in [2.05, 4.69) is 5.32 Å². The molecule has 1 fully saturated rings. The van der Waals surface area contributed by atoms with Crippen molar-refractivity contribution in [1.82, 2.24) is 4.90 Å². The zero-order valence-corrected chi connectivity index (χ0v) is 14.2. The summed E-state index contributed by atoms with van der Waals surface area (Å²) in [5, 5.41) is 2.76. The van der Waals surface area contributed by atoms with E-state index < -0.39 is 11.7 Å². The van der Waals surface area contributed by atoms with Crippen LogP contribution < -0.4 is 11.1 Å². The molecule has 7 heteroatoms. The number of halogens is 2. The maximum Gasteiger partial charge on any atom is 0.256 e. The quantitative estimate of drug-likeness (QED) is 0.885. The Bertz CT molecular complexity index is 580. The fourth-order valence-electron chi connectivity index (χ4n) is 2.72. The van der Waals surface area contributed by atoms with Gasteiger partial charge in [-0.25, -0.2) is 4.39 Å². The van der Waals surface area contributed by atoms with Gasteiger partial charge in [0.2, 0.25) is 5.91 Å². The molecule has 0 saturated heterocycles. The highest BCUT2D eigenvalue weighted by molar-refractivity contribution is 5.97. The van der Waals surface area contributed by atoms with Gasteiger partial charge < -0.3 is 16.0 Å². The van der Waals surface area contributed by atoms with Crippen LogP contribution in [-0.2, 0) is 4.79 Å². The fraction of sp³-hybridized carbons (Fsp3) is 0.500. The van der Waals surface area contributed by atoms with E-state index >= 15 is 0 Å². The minimum atomic E-state index is -0.601. The summed E-state index contributed by atoms with van der Waals surface area (Å²) >= 11 is 0. The molecule has 1 aromatic carbocycles. The molecule has 3 N–H and O–H groups in total. The lowest BCUT2D eigenvalue weighted by Crippen LogP contribution is -2.34. The first-order chi connectivity index (χ1) is 10.4. The number of nitrogens with one attached hydrogen (secondary N) is 1. The van der Waals surface area contributed by atoms with Crippen LogP contribution in [0.15, 0.2) is 18.2 Å². The number of rotatable bonds is 3. The summed E-state index contributed by atoms with van der Waals surface area (Å²) in [7, 11) is 3.10. The molecule has 0 bridgehead atoms. The molecule has 0 heterocycles. The SMILES string of the molecule is CN(C)C(=O)c1cc(NC(=O)C2CCCC(N)C2)ccc1F.Cl. The molecule has 128 valence electrons. The number of amides is 2. The van der Waals surface area contributed by atoms with E-state index in [0.717, 1.165) is 19.3 Å². The lowest BCUT2D eigenvalue weighted by atomic mass is 9.85. The van der Waals surface area contributed by atoms with Crippen LogP contribution in [0.5, 0.6) is 0 Å². The van der Waals surface area contributed by atoms with E-state index in [-0.39, 0.29) is 35.8 Å². The zero-order chi connectivity index (χ0) is 16.3. The van der Waals surface area contributed by atoms with Gasteiger partial charge in [0, 0.05) is 31.7 Å². The van der Waals surface area contributed by atoms with Crippen molar-refractivity contribution in [1.29, 1.82) is 0 Å². The van der Waals surface area contributed by atoms with Crippen molar-refractivity contribution in [3.8, 4) is 0 Å². The predicted molar refractivity (Wildman–Crippen MR) is 90.2 cm³/mol. The highest BCUT2D eigenvalue weighted by Gasteiger charge is 2.25. The first kappa shape index (κ1) is 19.4. The summed E-state index contributed by atoms with van der Waals surface area (Å²) in [6.45, 7) is 0. The Hall–Kier alpha value is -1.66. The molecule has 1 aliphatic carbocycles. The molecule has 23 heavy (non-hydrogen) atoms. The molecule has 0 radical (unpaired) electrons. The van der Waals surface area contributed by atoms with Crippen molar-refractivity contribution in [2.24, 2.45) is 11.7 Å². The van der Waals surface area contributed by atoms with Gasteiger partial charge in [0.1, 0.15) is 5.82 Å². The standard InChI is InChI=1S/C16H22FN3O2.ClH/c1-20(2)16(22)13-9-12(6-7-14(13)17)19-15(21)10-4-3-5-11(18)8-10;/h6-7,9-11H,3-5,8,18H2,1-2H3,(H,19,21);1H. The maximum atomic E-state index is 13.7. The third-order valence-corrected chi connectivity index (χ3v) is 3.96. The molecule has 0 aromatic heterocycles. The van der Waals surface area contributed by atoms with E-state index in [1.807, 2.05) is 0 Å². The molecule has 1 saturated carbocycles. The minimum Gasteiger partial charge on any atom is -0.345 e. The van der Waals surface area contributed by atoms with Crippen LogP contribution in [0.3, 0.4) is 0 Å². The summed E-state index contributed by atoms with van der Waals surface area (Å²) in [6.07, 6.45) is 3.36. The maximum absolute atomic E-state index is 13.7. The van der Waals surface area contributed by atoms with Gasteiger partial charge in [-0.2, -0.15) is 0 Å². The largest absolute Gasteiger partial charge is 0.345 e. The van der Waals surface area contributed by atoms with Gasteiger partial charge in [-0.15, -0.1) is 12.4 Å². The second kappa shape index (κ2) is 8.26. The number of nitrogens with two attached hydrogens (primary N) is 1. The van der Waals surface area contributed by atoms with Crippen LogP contribution in [0, 0.1) is 11.7 Å². The van der Waals surface area contributed by atoms with Crippen LogP contribution in [0.25, 0.3) is 0 Å². The molecule has 0 spiro atoms. The normalized spacial score (nSPS) is 20.3. The number of carbonyl (C=O) groups is 2. The Morgan fingerprint density at radius 3 is 2.61 bits per heavy atom. The third-order valence-electron chi connectivity index (χ3n) is 3.96. The molecule has 1 aliphatic rings. The van der Waals surface area contributed by atoms with E-state index in [1.165, 1.54) is 23.1 Å². The predicted octanol–water partition coefficient (Wildman–Crippen LogP) is 2.41. The molecule has 1 aromatic rings.